The number of azide groups is 1. The summed E-state index contributed by atoms with van der Waals surface area (Å²) in [6.07, 6.45) is 0.650. The molecule has 1 amide bonds. The predicted octanol–water partition coefficient (Wildman–Crippen LogP) is 0.793. The second-order valence-corrected chi connectivity index (χ2v) is 2.62. The third-order valence-electron chi connectivity index (χ3n) is 1.57. The molecule has 0 spiro atoms. The summed E-state index contributed by atoms with van der Waals surface area (Å²) >= 11 is 5.44. The van der Waals surface area contributed by atoms with Crippen molar-refractivity contribution in [2.45, 2.75) is 18.5 Å². The smallest absolute Gasteiger partial charge is 0.231 e. The maximum Gasteiger partial charge on any atom is 0.231 e. The first-order valence-electron chi connectivity index (χ1n) is 3.20. The summed E-state index contributed by atoms with van der Waals surface area (Å²) in [5.41, 5.74) is 8.05. The monoisotopic (exact) mass is 174 g/mol. The Hall–Kier alpha value is -0.930. The Balaban J connectivity index is 2.47. The summed E-state index contributed by atoms with van der Waals surface area (Å²) in [6, 6.07) is -0.602. The molecule has 0 unspecified atom stereocenters. The first-order valence-corrected chi connectivity index (χ1v) is 3.73. The van der Waals surface area contributed by atoms with Crippen LogP contribution in [-0.2, 0) is 4.79 Å². The van der Waals surface area contributed by atoms with E-state index in [1.165, 1.54) is 0 Å². The zero-order valence-electron chi connectivity index (χ0n) is 5.70. The van der Waals surface area contributed by atoms with Gasteiger partial charge in [0.15, 0.2) is 0 Å². The number of nitrogens with one attached hydrogen (secondary N) is 1. The van der Waals surface area contributed by atoms with Gasteiger partial charge in [0.25, 0.3) is 0 Å². The van der Waals surface area contributed by atoms with Crippen LogP contribution in [0.1, 0.15) is 6.42 Å². The first kappa shape index (κ1) is 8.17. The van der Waals surface area contributed by atoms with Crippen LogP contribution in [0.2, 0.25) is 0 Å². The summed E-state index contributed by atoms with van der Waals surface area (Å²) in [5.74, 6) is 0.250. The molecule has 1 heterocycles. The van der Waals surface area contributed by atoms with Gasteiger partial charge in [0.2, 0.25) is 5.91 Å². The van der Waals surface area contributed by atoms with E-state index in [4.69, 9.17) is 17.1 Å². The van der Waals surface area contributed by atoms with E-state index in [1.807, 2.05) is 0 Å². The molecule has 5 nitrogen and oxygen atoms in total. The molecule has 1 fully saturated rings. The maximum atomic E-state index is 10.7. The van der Waals surface area contributed by atoms with Gasteiger partial charge >= 0.3 is 0 Å². The average Bonchev–Trinajstić information content (AvgIpc) is 2.00. The lowest BCUT2D eigenvalue weighted by Crippen LogP contribution is -2.61. The molecular weight excluding hydrogens is 168 g/mol. The summed E-state index contributed by atoms with van der Waals surface area (Å²) in [4.78, 5) is 13.2. The van der Waals surface area contributed by atoms with Crippen molar-refractivity contribution < 1.29 is 4.79 Å². The van der Waals surface area contributed by atoms with Crippen LogP contribution in [-0.4, -0.2) is 23.9 Å². The molecule has 0 bridgehead atoms. The quantitative estimate of drug-likeness (QED) is 0.222. The molecule has 0 aromatic carbocycles. The summed E-state index contributed by atoms with van der Waals surface area (Å²) in [7, 11) is 0. The van der Waals surface area contributed by atoms with Crippen LogP contribution in [0.25, 0.3) is 10.4 Å². The van der Waals surface area contributed by atoms with Crippen molar-refractivity contribution in [2.75, 3.05) is 5.88 Å². The van der Waals surface area contributed by atoms with Crippen molar-refractivity contribution in [2.24, 2.45) is 5.11 Å². The zero-order chi connectivity index (χ0) is 8.27. The predicted molar refractivity (Wildman–Crippen MR) is 40.2 cm³/mol. The number of hydrogen-bond acceptors (Lipinski definition) is 2. The Morgan fingerprint density at radius 2 is 2.55 bits per heavy atom. The summed E-state index contributed by atoms with van der Waals surface area (Å²) < 4.78 is 0. The molecular formula is C5H7ClN4O. The second-order valence-electron chi connectivity index (χ2n) is 2.24. The molecule has 0 aromatic rings. The number of amides is 1. The van der Waals surface area contributed by atoms with Gasteiger partial charge < -0.3 is 5.32 Å². The molecule has 1 rings (SSSR count). The van der Waals surface area contributed by atoms with Crippen LogP contribution < -0.4 is 5.32 Å². The van der Waals surface area contributed by atoms with E-state index in [2.05, 4.69) is 15.3 Å². The molecule has 0 saturated carbocycles. The number of β-lactam (4-membered cyclic amide) rings is 1. The Kier molecular flexibility index (Phi) is 2.57. The zero-order valence-corrected chi connectivity index (χ0v) is 6.45. The van der Waals surface area contributed by atoms with Gasteiger partial charge in [-0.25, -0.2) is 0 Å². The van der Waals surface area contributed by atoms with Crippen molar-refractivity contribution in [3.8, 4) is 0 Å². The highest BCUT2D eigenvalue weighted by molar-refractivity contribution is 6.17. The SMILES string of the molecule is [N-]=[N+]=N[C@H]1C(=O)N[C@@H]1CCCl. The maximum absolute atomic E-state index is 10.7. The van der Waals surface area contributed by atoms with Crippen molar-refractivity contribution in [3.05, 3.63) is 10.4 Å². The van der Waals surface area contributed by atoms with E-state index in [0.29, 0.717) is 12.3 Å². The van der Waals surface area contributed by atoms with Gasteiger partial charge in [0.1, 0.15) is 6.04 Å². The van der Waals surface area contributed by atoms with Gasteiger partial charge in [-0.15, -0.1) is 11.6 Å². The highest BCUT2D eigenvalue weighted by atomic mass is 35.5. The van der Waals surface area contributed by atoms with Crippen LogP contribution in [0.5, 0.6) is 0 Å². The molecule has 0 radical (unpaired) electrons. The average molecular weight is 175 g/mol. The molecule has 2 atom stereocenters. The van der Waals surface area contributed by atoms with Crippen LogP contribution in [0.3, 0.4) is 0 Å². The molecule has 1 saturated heterocycles. The third kappa shape index (κ3) is 1.56. The minimum atomic E-state index is -0.543. The van der Waals surface area contributed by atoms with E-state index < -0.39 is 6.04 Å². The first-order chi connectivity index (χ1) is 5.29. The van der Waals surface area contributed by atoms with E-state index in [1.54, 1.807) is 0 Å². The van der Waals surface area contributed by atoms with Gasteiger partial charge in [-0.1, -0.05) is 5.11 Å². The second kappa shape index (κ2) is 3.46. The van der Waals surface area contributed by atoms with Crippen molar-refractivity contribution in [3.63, 3.8) is 0 Å². The Bertz CT molecular complexity index is 211. The van der Waals surface area contributed by atoms with Gasteiger partial charge in [0.05, 0.1) is 0 Å². The molecule has 1 aliphatic heterocycles. The number of carbonyl (C=O) groups excluding carboxylic acids is 1. The van der Waals surface area contributed by atoms with E-state index in [9.17, 15) is 4.79 Å². The Labute approximate surface area is 68.3 Å². The minimum absolute atomic E-state index is 0.0594. The van der Waals surface area contributed by atoms with Crippen LogP contribution >= 0.6 is 11.6 Å². The lowest BCUT2D eigenvalue weighted by Gasteiger charge is -2.32. The number of halogens is 1. The van der Waals surface area contributed by atoms with Crippen molar-refractivity contribution in [1.29, 1.82) is 0 Å². The number of nitrogens with zero attached hydrogens (tertiary/aromatic N) is 3. The fourth-order valence-electron chi connectivity index (χ4n) is 0.970. The number of alkyl halides is 1. The van der Waals surface area contributed by atoms with Crippen molar-refractivity contribution in [1.82, 2.24) is 5.32 Å². The normalized spacial score (nSPS) is 28.3. The van der Waals surface area contributed by atoms with E-state index in [0.717, 1.165) is 0 Å². The van der Waals surface area contributed by atoms with E-state index >= 15 is 0 Å². The van der Waals surface area contributed by atoms with Crippen molar-refractivity contribution >= 4 is 17.5 Å². The molecule has 0 aliphatic carbocycles. The van der Waals surface area contributed by atoms with Gasteiger partial charge in [0, 0.05) is 16.8 Å². The summed E-state index contributed by atoms with van der Waals surface area (Å²) in [6.45, 7) is 0. The molecule has 1 N–H and O–H groups in total. The number of carbonyl (C=O) groups is 1. The van der Waals surface area contributed by atoms with Crippen LogP contribution in [0.15, 0.2) is 5.11 Å². The lowest BCUT2D eigenvalue weighted by molar-refractivity contribution is -0.130. The van der Waals surface area contributed by atoms with E-state index in [-0.39, 0.29) is 11.9 Å². The number of hydrogen-bond donors (Lipinski definition) is 1. The molecule has 60 valence electrons. The highest BCUT2D eigenvalue weighted by Gasteiger charge is 2.37. The minimum Gasteiger partial charge on any atom is -0.352 e. The van der Waals surface area contributed by atoms with Gasteiger partial charge in [-0.2, -0.15) is 0 Å². The fourth-order valence-corrected chi connectivity index (χ4v) is 1.20. The highest BCUT2D eigenvalue weighted by Crippen LogP contribution is 2.14. The van der Waals surface area contributed by atoms with Gasteiger partial charge in [-0.3, -0.25) is 4.79 Å². The molecule has 11 heavy (non-hydrogen) atoms. The third-order valence-corrected chi connectivity index (χ3v) is 1.79. The Morgan fingerprint density at radius 3 is 3.00 bits per heavy atom. The van der Waals surface area contributed by atoms with Gasteiger partial charge in [-0.05, 0) is 12.0 Å². The molecule has 6 heteroatoms. The number of rotatable bonds is 3. The summed E-state index contributed by atoms with van der Waals surface area (Å²) in [5, 5.41) is 5.91. The molecule has 1 aliphatic rings. The lowest BCUT2D eigenvalue weighted by atomic mass is 9.98. The van der Waals surface area contributed by atoms with Crippen LogP contribution in [0.4, 0.5) is 0 Å². The largest absolute Gasteiger partial charge is 0.352 e. The topological polar surface area (TPSA) is 77.9 Å². The molecule has 0 aromatic heterocycles. The van der Waals surface area contributed by atoms with Crippen LogP contribution in [0, 0.1) is 0 Å². The fraction of sp³-hybridized carbons (Fsp3) is 0.800. The standard InChI is InChI=1S/C5H7ClN4O/c6-2-1-3-4(9-10-7)5(11)8-3/h3-4H,1-2H2,(H,8,11)/t3-,4-/m1/s1. The Morgan fingerprint density at radius 1 is 1.82 bits per heavy atom.